The molecule has 1 aromatic heterocycles. The van der Waals surface area contributed by atoms with Gasteiger partial charge in [0.05, 0.1) is 6.61 Å². The number of fused-ring (bicyclic) bond motifs is 1. The van der Waals surface area contributed by atoms with Crippen LogP contribution >= 0.6 is 0 Å². The molecule has 0 aliphatic carbocycles. The van der Waals surface area contributed by atoms with Gasteiger partial charge in [-0.15, -0.1) is 0 Å². The summed E-state index contributed by atoms with van der Waals surface area (Å²) in [7, 11) is 0. The molecule has 2 aromatic rings. The van der Waals surface area contributed by atoms with Gasteiger partial charge in [0.25, 0.3) is 0 Å². The van der Waals surface area contributed by atoms with Crippen molar-refractivity contribution in [2.24, 2.45) is 0 Å². The first-order valence-electron chi connectivity index (χ1n) is 8.23. The molecule has 0 spiro atoms. The summed E-state index contributed by atoms with van der Waals surface area (Å²) in [4.78, 5) is 5.56. The quantitative estimate of drug-likeness (QED) is 0.842. The van der Waals surface area contributed by atoms with E-state index in [9.17, 15) is 0 Å². The molecule has 0 aliphatic rings. The number of aromatic nitrogens is 1. The second-order valence-electron chi connectivity index (χ2n) is 4.27. The molecule has 2 N–H and O–H groups in total. The largest absolute Gasteiger partial charge is 0.395 e. The summed E-state index contributed by atoms with van der Waals surface area (Å²) in [6, 6.07) is 8.38. The summed E-state index contributed by atoms with van der Waals surface area (Å²) in [5, 5.41) is 10.3. The Morgan fingerprint density at radius 2 is 1.71 bits per heavy atom. The molecule has 0 aliphatic heterocycles. The second-order valence-corrected chi connectivity index (χ2v) is 4.27. The normalized spacial score (nSPS) is 9.86. The van der Waals surface area contributed by atoms with Gasteiger partial charge in [0, 0.05) is 30.2 Å². The van der Waals surface area contributed by atoms with Gasteiger partial charge in [-0.25, -0.2) is 0 Å². The van der Waals surface area contributed by atoms with Gasteiger partial charge in [0.15, 0.2) is 0 Å². The Bertz CT molecular complexity index is 465. The molecular weight excluding hydrogens is 260 g/mol. The van der Waals surface area contributed by atoms with Gasteiger partial charge in [-0.3, -0.25) is 0 Å². The smallest absolute Gasteiger partial charge is 0.0558 e. The lowest BCUT2D eigenvalue weighted by Crippen LogP contribution is -2.28. The van der Waals surface area contributed by atoms with Crippen LogP contribution in [0.25, 0.3) is 10.9 Å². The zero-order chi connectivity index (χ0) is 16.1. The fraction of sp³-hybridized carbons (Fsp3) is 0.556. The van der Waals surface area contributed by atoms with Crippen LogP contribution in [0.5, 0.6) is 0 Å². The van der Waals surface area contributed by atoms with E-state index in [0.29, 0.717) is 0 Å². The third-order valence-electron chi connectivity index (χ3n) is 3.24. The number of likely N-dealkylation sites (N-methyl/N-ethyl adjacent to an activating group) is 1. The molecule has 0 atom stereocenters. The molecule has 0 fully saturated rings. The highest BCUT2D eigenvalue weighted by molar-refractivity contribution is 5.83. The Hall–Kier alpha value is -1.32. The highest BCUT2D eigenvalue weighted by atomic mass is 16.3. The Morgan fingerprint density at radius 1 is 1.05 bits per heavy atom. The number of rotatable bonds is 6. The maximum absolute atomic E-state index is 8.95. The number of aromatic amines is 1. The Labute approximate surface area is 130 Å². The van der Waals surface area contributed by atoms with Gasteiger partial charge in [-0.2, -0.15) is 0 Å². The highest BCUT2D eigenvalue weighted by Crippen LogP contribution is 2.18. The number of hydrogen-bond acceptors (Lipinski definition) is 2. The van der Waals surface area contributed by atoms with Crippen LogP contribution in [0, 0.1) is 0 Å². The van der Waals surface area contributed by atoms with Crippen molar-refractivity contribution in [2.75, 3.05) is 26.2 Å². The maximum Gasteiger partial charge on any atom is 0.0558 e. The van der Waals surface area contributed by atoms with Gasteiger partial charge >= 0.3 is 0 Å². The molecule has 1 aromatic carbocycles. The van der Waals surface area contributed by atoms with E-state index in [1.807, 2.05) is 33.8 Å². The first-order valence-corrected chi connectivity index (χ1v) is 8.23. The van der Waals surface area contributed by atoms with Crippen LogP contribution in [0.15, 0.2) is 30.5 Å². The van der Waals surface area contributed by atoms with Crippen molar-refractivity contribution in [3.63, 3.8) is 0 Å². The molecule has 0 unspecified atom stereocenters. The Kier molecular flexibility index (Phi) is 11.6. The molecule has 0 saturated heterocycles. The van der Waals surface area contributed by atoms with Gasteiger partial charge in [0.1, 0.15) is 0 Å². The van der Waals surface area contributed by atoms with Gasteiger partial charge in [-0.1, -0.05) is 52.8 Å². The van der Waals surface area contributed by atoms with Crippen molar-refractivity contribution >= 4 is 10.9 Å². The lowest BCUT2D eigenvalue weighted by molar-refractivity contribution is 0.203. The van der Waals surface area contributed by atoms with Crippen molar-refractivity contribution in [1.29, 1.82) is 0 Å². The fourth-order valence-corrected chi connectivity index (χ4v) is 2.19. The van der Waals surface area contributed by atoms with Crippen molar-refractivity contribution in [3.05, 3.63) is 36.0 Å². The van der Waals surface area contributed by atoms with E-state index in [4.69, 9.17) is 5.11 Å². The van der Waals surface area contributed by atoms with E-state index >= 15 is 0 Å². The minimum Gasteiger partial charge on any atom is -0.395 e. The van der Waals surface area contributed by atoms with Crippen LogP contribution < -0.4 is 0 Å². The number of aliphatic hydroxyl groups is 1. The van der Waals surface area contributed by atoms with Crippen LogP contribution in [-0.2, 0) is 6.42 Å². The van der Waals surface area contributed by atoms with Crippen LogP contribution in [0.2, 0.25) is 0 Å². The fourth-order valence-electron chi connectivity index (χ4n) is 2.19. The standard InChI is InChI=1S/C14H20N2O.2C2H6/c1-2-16(9-10-17)8-7-12-11-15-14-6-4-3-5-13(12)14;2*1-2/h3-6,11,15,17H,2,7-10H2,1H3;2*1-2H3. The average Bonchev–Trinajstić information content (AvgIpc) is 2.98. The summed E-state index contributed by atoms with van der Waals surface area (Å²) >= 11 is 0. The highest BCUT2D eigenvalue weighted by Gasteiger charge is 2.05. The molecule has 2 rings (SSSR count). The van der Waals surface area contributed by atoms with E-state index < -0.39 is 0 Å². The van der Waals surface area contributed by atoms with Crippen LogP contribution in [0.4, 0.5) is 0 Å². The Balaban J connectivity index is 0.000000921. The monoisotopic (exact) mass is 292 g/mol. The molecule has 0 radical (unpaired) electrons. The zero-order valence-electron chi connectivity index (χ0n) is 14.3. The van der Waals surface area contributed by atoms with Gasteiger partial charge in [-0.05, 0) is 24.6 Å². The third kappa shape index (κ3) is 6.32. The number of H-pyrrole nitrogens is 1. The predicted octanol–water partition coefficient (Wildman–Crippen LogP) is 4.08. The number of aliphatic hydroxyl groups excluding tert-OH is 1. The lowest BCUT2D eigenvalue weighted by atomic mass is 10.1. The van der Waals surface area contributed by atoms with Crippen molar-refractivity contribution < 1.29 is 5.11 Å². The number of benzene rings is 1. The van der Waals surface area contributed by atoms with E-state index in [1.54, 1.807) is 0 Å². The van der Waals surface area contributed by atoms with E-state index in [1.165, 1.54) is 16.5 Å². The zero-order valence-corrected chi connectivity index (χ0v) is 14.3. The maximum atomic E-state index is 8.95. The minimum atomic E-state index is 0.238. The van der Waals surface area contributed by atoms with E-state index in [-0.39, 0.29) is 6.61 Å². The lowest BCUT2D eigenvalue weighted by Gasteiger charge is -2.18. The molecule has 0 amide bonds. The summed E-state index contributed by atoms with van der Waals surface area (Å²) in [5.74, 6) is 0. The topological polar surface area (TPSA) is 39.3 Å². The van der Waals surface area contributed by atoms with Crippen molar-refractivity contribution in [3.8, 4) is 0 Å². The van der Waals surface area contributed by atoms with Gasteiger partial charge in [0.2, 0.25) is 0 Å². The van der Waals surface area contributed by atoms with E-state index in [0.717, 1.165) is 26.1 Å². The van der Waals surface area contributed by atoms with Crippen LogP contribution in [0.3, 0.4) is 0 Å². The number of nitrogens with zero attached hydrogens (tertiary/aromatic N) is 1. The van der Waals surface area contributed by atoms with E-state index in [2.05, 4.69) is 41.2 Å². The predicted molar refractivity (Wildman–Crippen MR) is 93.9 cm³/mol. The van der Waals surface area contributed by atoms with Crippen LogP contribution in [-0.4, -0.2) is 41.2 Å². The van der Waals surface area contributed by atoms with Crippen molar-refractivity contribution in [1.82, 2.24) is 9.88 Å². The first-order chi connectivity index (χ1) is 10.3. The third-order valence-corrected chi connectivity index (χ3v) is 3.24. The number of hydrogen-bond donors (Lipinski definition) is 2. The van der Waals surface area contributed by atoms with Crippen LogP contribution in [0.1, 0.15) is 40.2 Å². The molecule has 0 saturated carbocycles. The second kappa shape index (κ2) is 12.4. The van der Waals surface area contributed by atoms with Gasteiger partial charge < -0.3 is 15.0 Å². The summed E-state index contributed by atoms with van der Waals surface area (Å²) in [6.07, 6.45) is 3.12. The SMILES string of the molecule is CC.CC.CCN(CCO)CCc1c[nH]c2ccccc12. The molecule has 3 nitrogen and oxygen atoms in total. The first kappa shape index (κ1) is 19.7. The molecule has 1 heterocycles. The molecule has 3 heteroatoms. The summed E-state index contributed by atoms with van der Waals surface area (Å²) in [5.41, 5.74) is 2.56. The Morgan fingerprint density at radius 3 is 2.33 bits per heavy atom. The average molecular weight is 292 g/mol. The molecule has 21 heavy (non-hydrogen) atoms. The summed E-state index contributed by atoms with van der Waals surface area (Å²) in [6.45, 7) is 13.1. The number of nitrogens with one attached hydrogen (secondary N) is 1. The minimum absolute atomic E-state index is 0.238. The molecule has 0 bridgehead atoms. The van der Waals surface area contributed by atoms with Crippen molar-refractivity contribution in [2.45, 2.75) is 41.0 Å². The molecular formula is C18H32N2O. The molecule has 120 valence electrons. The summed E-state index contributed by atoms with van der Waals surface area (Å²) < 4.78 is 0. The number of para-hydroxylation sites is 1.